The summed E-state index contributed by atoms with van der Waals surface area (Å²) in [4.78, 5) is 28.4. The molecule has 0 aliphatic heterocycles. The minimum Gasteiger partial charge on any atom is -0.333 e. The third-order valence-corrected chi connectivity index (χ3v) is 6.88. The quantitative estimate of drug-likeness (QED) is 0.661. The van der Waals surface area contributed by atoms with Crippen molar-refractivity contribution in [2.75, 3.05) is 12.1 Å². The fourth-order valence-corrected chi connectivity index (χ4v) is 5.89. The standard InChI is InChI=1S/C15H22N4O2S/c1-22-14-17-13(20)18(15(21)19(14)16)7-9-5-8-6-12(9)11-4-2-3-10(8)11/h8-12H,2-7,16H2,1H3/t8-,9-,10-,11-,12+/m0/s1. The van der Waals surface area contributed by atoms with E-state index < -0.39 is 11.4 Å². The van der Waals surface area contributed by atoms with Crippen LogP contribution in [0.25, 0.3) is 0 Å². The van der Waals surface area contributed by atoms with Gasteiger partial charge in [-0.15, -0.1) is 0 Å². The molecule has 3 fully saturated rings. The van der Waals surface area contributed by atoms with E-state index in [0.717, 1.165) is 28.9 Å². The van der Waals surface area contributed by atoms with Crippen molar-refractivity contribution < 1.29 is 0 Å². The van der Waals surface area contributed by atoms with Crippen LogP contribution in [-0.4, -0.2) is 20.5 Å². The van der Waals surface area contributed by atoms with E-state index in [-0.39, 0.29) is 5.16 Å². The number of hydrogen-bond donors (Lipinski definition) is 1. The molecule has 2 N–H and O–H groups in total. The molecule has 22 heavy (non-hydrogen) atoms. The van der Waals surface area contributed by atoms with Gasteiger partial charge >= 0.3 is 11.4 Å². The molecule has 1 heterocycles. The monoisotopic (exact) mass is 322 g/mol. The van der Waals surface area contributed by atoms with E-state index in [2.05, 4.69) is 4.98 Å². The van der Waals surface area contributed by atoms with E-state index in [1.807, 2.05) is 0 Å². The molecule has 0 spiro atoms. The molecule has 0 radical (unpaired) electrons. The highest BCUT2D eigenvalue weighted by molar-refractivity contribution is 7.98. The van der Waals surface area contributed by atoms with Crippen LogP contribution in [0.15, 0.2) is 14.7 Å². The number of fused-ring (bicyclic) bond motifs is 5. The third-order valence-electron chi connectivity index (χ3n) is 6.23. The van der Waals surface area contributed by atoms with E-state index in [1.165, 1.54) is 42.0 Å². The van der Waals surface area contributed by atoms with Gasteiger partial charge in [0.1, 0.15) is 0 Å². The zero-order valence-corrected chi connectivity index (χ0v) is 13.6. The lowest BCUT2D eigenvalue weighted by molar-refractivity contribution is 0.169. The van der Waals surface area contributed by atoms with Crippen molar-refractivity contribution in [1.82, 2.24) is 14.2 Å². The number of rotatable bonds is 3. The minimum atomic E-state index is -0.457. The summed E-state index contributed by atoms with van der Waals surface area (Å²) in [7, 11) is 0. The summed E-state index contributed by atoms with van der Waals surface area (Å²) in [5, 5.41) is 0.273. The van der Waals surface area contributed by atoms with Crippen molar-refractivity contribution in [2.45, 2.75) is 43.8 Å². The molecular weight excluding hydrogens is 300 g/mol. The van der Waals surface area contributed by atoms with Crippen LogP contribution in [-0.2, 0) is 6.54 Å². The zero-order chi connectivity index (χ0) is 15.4. The van der Waals surface area contributed by atoms with Crippen molar-refractivity contribution >= 4 is 11.8 Å². The zero-order valence-electron chi connectivity index (χ0n) is 12.8. The van der Waals surface area contributed by atoms with Gasteiger partial charge in [0.2, 0.25) is 0 Å². The summed E-state index contributed by atoms with van der Waals surface area (Å²) in [6, 6.07) is 0. The molecule has 5 atom stereocenters. The van der Waals surface area contributed by atoms with E-state index >= 15 is 0 Å². The van der Waals surface area contributed by atoms with E-state index in [9.17, 15) is 9.59 Å². The van der Waals surface area contributed by atoms with Gasteiger partial charge in [-0.25, -0.2) is 14.2 Å². The Hall–Kier alpha value is -1.24. The largest absolute Gasteiger partial charge is 0.354 e. The van der Waals surface area contributed by atoms with Crippen molar-refractivity contribution in [3.63, 3.8) is 0 Å². The van der Waals surface area contributed by atoms with Crippen molar-refractivity contribution in [3.05, 3.63) is 21.0 Å². The normalized spacial score (nSPS) is 36.0. The van der Waals surface area contributed by atoms with Gasteiger partial charge in [0.05, 0.1) is 0 Å². The molecule has 3 aliphatic rings. The van der Waals surface area contributed by atoms with E-state index in [0.29, 0.717) is 18.4 Å². The molecule has 3 aliphatic carbocycles. The van der Waals surface area contributed by atoms with Gasteiger partial charge in [-0.2, -0.15) is 9.66 Å². The maximum atomic E-state index is 12.3. The summed E-state index contributed by atoms with van der Waals surface area (Å²) >= 11 is 1.21. The fraction of sp³-hybridized carbons (Fsp3) is 0.800. The van der Waals surface area contributed by atoms with E-state index in [1.54, 1.807) is 6.26 Å². The lowest BCUT2D eigenvalue weighted by atomic mass is 9.76. The van der Waals surface area contributed by atoms with Crippen LogP contribution in [0.1, 0.15) is 32.1 Å². The minimum absolute atomic E-state index is 0.273. The Balaban J connectivity index is 1.62. The highest BCUT2D eigenvalue weighted by Crippen LogP contribution is 2.61. The van der Waals surface area contributed by atoms with Gasteiger partial charge in [0.25, 0.3) is 0 Å². The Morgan fingerprint density at radius 3 is 2.77 bits per heavy atom. The van der Waals surface area contributed by atoms with Crippen LogP contribution in [0.4, 0.5) is 0 Å². The van der Waals surface area contributed by atoms with Gasteiger partial charge in [-0.1, -0.05) is 18.2 Å². The number of nitrogens with two attached hydrogens (primary N) is 1. The Morgan fingerprint density at radius 2 is 2.00 bits per heavy atom. The molecule has 6 nitrogen and oxygen atoms in total. The van der Waals surface area contributed by atoms with Gasteiger partial charge in [-0.05, 0) is 61.5 Å². The number of thioether (sulfide) groups is 1. The maximum absolute atomic E-state index is 12.3. The first kappa shape index (κ1) is 14.4. The average molecular weight is 322 g/mol. The Labute approximate surface area is 133 Å². The first-order chi connectivity index (χ1) is 10.6. The molecule has 1 aromatic rings. The van der Waals surface area contributed by atoms with Crippen LogP contribution in [0.2, 0.25) is 0 Å². The topological polar surface area (TPSA) is 82.9 Å². The summed E-state index contributed by atoms with van der Waals surface area (Å²) < 4.78 is 2.24. The third kappa shape index (κ3) is 1.97. The molecular formula is C15H22N4O2S. The van der Waals surface area contributed by atoms with Crippen LogP contribution in [0.3, 0.4) is 0 Å². The number of nitrogens with zero attached hydrogens (tertiary/aromatic N) is 3. The predicted octanol–water partition coefficient (Wildman–Crippen LogP) is 0.913. The summed E-state index contributed by atoms with van der Waals surface area (Å²) in [5.41, 5.74) is -0.892. The van der Waals surface area contributed by atoms with Crippen molar-refractivity contribution in [3.8, 4) is 0 Å². The lowest BCUT2D eigenvalue weighted by Gasteiger charge is -2.31. The average Bonchev–Trinajstić information content (AvgIpc) is 3.19. The molecule has 7 heteroatoms. The molecule has 0 aromatic carbocycles. The summed E-state index contributed by atoms with van der Waals surface area (Å²) in [5.74, 6) is 9.46. The van der Waals surface area contributed by atoms with Gasteiger partial charge < -0.3 is 5.84 Å². The second-order valence-corrected chi connectivity index (χ2v) is 7.83. The first-order valence-electron chi connectivity index (χ1n) is 8.13. The predicted molar refractivity (Wildman–Crippen MR) is 85.2 cm³/mol. The Bertz CT molecular complexity index is 712. The number of aromatic nitrogens is 3. The Morgan fingerprint density at radius 1 is 1.23 bits per heavy atom. The molecule has 4 rings (SSSR count). The molecule has 0 amide bonds. The smallest absolute Gasteiger partial charge is 0.333 e. The van der Waals surface area contributed by atoms with Gasteiger partial charge in [0, 0.05) is 6.54 Å². The Kier molecular flexibility index (Phi) is 3.36. The maximum Gasteiger partial charge on any atom is 0.354 e. The van der Waals surface area contributed by atoms with Gasteiger partial charge in [-0.3, -0.25) is 0 Å². The SMILES string of the molecule is CSc1nc(=O)n(C[C@@H]2C[C@H]3C[C@H]2[C@H]2CCC[C@@H]32)c(=O)n1N. The van der Waals surface area contributed by atoms with E-state index in [4.69, 9.17) is 5.84 Å². The molecule has 0 saturated heterocycles. The molecule has 3 saturated carbocycles. The first-order valence-corrected chi connectivity index (χ1v) is 9.35. The molecule has 1 aromatic heterocycles. The number of hydrogen-bond acceptors (Lipinski definition) is 5. The summed E-state index contributed by atoms with van der Waals surface area (Å²) in [6.07, 6.45) is 8.29. The van der Waals surface area contributed by atoms with Crippen molar-refractivity contribution in [2.24, 2.45) is 29.6 Å². The van der Waals surface area contributed by atoms with Crippen LogP contribution in [0.5, 0.6) is 0 Å². The highest BCUT2D eigenvalue weighted by Gasteiger charge is 2.53. The molecule has 0 unspecified atom stereocenters. The fourth-order valence-electron chi connectivity index (χ4n) is 5.44. The van der Waals surface area contributed by atoms with Crippen molar-refractivity contribution in [1.29, 1.82) is 0 Å². The lowest BCUT2D eigenvalue weighted by Crippen LogP contribution is -2.47. The second-order valence-electron chi connectivity index (χ2n) is 7.06. The summed E-state index contributed by atoms with van der Waals surface area (Å²) in [6.45, 7) is 0.487. The number of nitrogen functional groups attached to an aromatic ring is 1. The van der Waals surface area contributed by atoms with Crippen LogP contribution < -0.4 is 17.2 Å². The second kappa shape index (κ2) is 5.15. The molecule has 120 valence electrons. The molecule has 2 bridgehead atoms. The van der Waals surface area contributed by atoms with Crippen LogP contribution in [0, 0.1) is 29.6 Å². The highest BCUT2D eigenvalue weighted by atomic mass is 32.2. The van der Waals surface area contributed by atoms with Crippen LogP contribution >= 0.6 is 11.8 Å². The van der Waals surface area contributed by atoms with Gasteiger partial charge in [0.15, 0.2) is 5.16 Å².